The first-order valence-electron chi connectivity index (χ1n) is 5.79. The molecule has 0 spiro atoms. The van der Waals surface area contributed by atoms with Crippen molar-refractivity contribution in [2.75, 3.05) is 0 Å². The van der Waals surface area contributed by atoms with Gasteiger partial charge in [0.15, 0.2) is 0 Å². The van der Waals surface area contributed by atoms with Crippen molar-refractivity contribution in [1.29, 1.82) is 0 Å². The third-order valence-electron chi connectivity index (χ3n) is 3.35. The molecule has 1 aromatic carbocycles. The van der Waals surface area contributed by atoms with E-state index in [0.717, 1.165) is 0 Å². The summed E-state index contributed by atoms with van der Waals surface area (Å²) in [5.41, 5.74) is 2.61. The number of aromatic nitrogens is 3. The van der Waals surface area contributed by atoms with Crippen molar-refractivity contribution < 1.29 is 0 Å². The quantitative estimate of drug-likeness (QED) is 0.657. The van der Waals surface area contributed by atoms with Crippen molar-refractivity contribution in [3.63, 3.8) is 0 Å². The molecule has 3 rings (SSSR count). The third-order valence-corrected chi connectivity index (χ3v) is 3.35. The predicted molar refractivity (Wildman–Crippen MR) is 69.0 cm³/mol. The Balaban J connectivity index is 2.18. The zero-order valence-electron chi connectivity index (χ0n) is 10.0. The molecule has 0 amide bonds. The first kappa shape index (κ1) is 10.1. The van der Waals surface area contributed by atoms with Gasteiger partial charge >= 0.3 is 0 Å². The maximum absolute atomic E-state index is 4.11. The van der Waals surface area contributed by atoms with Gasteiger partial charge in [0.1, 0.15) is 0 Å². The van der Waals surface area contributed by atoms with E-state index in [-0.39, 0.29) is 0 Å². The molecule has 1 unspecified atom stereocenters. The Hall–Kier alpha value is -2.03. The maximum Gasteiger partial charge on any atom is 0.0951 e. The van der Waals surface area contributed by atoms with Crippen LogP contribution in [0, 0.1) is 0 Å². The summed E-state index contributed by atoms with van der Waals surface area (Å²) in [6.45, 7) is 2.20. The number of fused-ring (bicyclic) bond motifs is 1. The van der Waals surface area contributed by atoms with Gasteiger partial charge in [-0.15, -0.1) is 0 Å². The highest BCUT2D eigenvalue weighted by molar-refractivity contribution is 5.84. The fourth-order valence-electron chi connectivity index (χ4n) is 2.37. The molecule has 3 heteroatoms. The van der Waals surface area contributed by atoms with Crippen LogP contribution in [0.5, 0.6) is 0 Å². The summed E-state index contributed by atoms with van der Waals surface area (Å²) in [7, 11) is 2.09. The number of hydrogen-bond donors (Lipinski definition) is 0. The van der Waals surface area contributed by atoms with Crippen LogP contribution in [0.25, 0.3) is 10.9 Å². The van der Waals surface area contributed by atoms with E-state index in [9.17, 15) is 0 Å². The van der Waals surface area contributed by atoms with Crippen molar-refractivity contribution in [3.05, 3.63) is 54.7 Å². The third kappa shape index (κ3) is 1.55. The highest BCUT2D eigenvalue weighted by Gasteiger charge is 2.13. The van der Waals surface area contributed by atoms with E-state index >= 15 is 0 Å². The molecule has 3 nitrogen and oxygen atoms in total. The van der Waals surface area contributed by atoms with Crippen LogP contribution in [0.1, 0.15) is 18.5 Å². The second kappa shape index (κ2) is 3.77. The molecule has 86 valence electrons. The largest absolute Gasteiger partial charge is 0.350 e. The van der Waals surface area contributed by atoms with Crippen molar-refractivity contribution >= 4 is 10.9 Å². The highest BCUT2D eigenvalue weighted by atomic mass is 15.1. The van der Waals surface area contributed by atoms with Crippen LogP contribution in [-0.4, -0.2) is 14.1 Å². The molecule has 0 aliphatic carbocycles. The zero-order chi connectivity index (χ0) is 11.8. The van der Waals surface area contributed by atoms with Gasteiger partial charge in [0.2, 0.25) is 0 Å². The zero-order valence-corrected chi connectivity index (χ0v) is 10.0. The van der Waals surface area contributed by atoms with Gasteiger partial charge in [0, 0.05) is 42.1 Å². The Labute approximate surface area is 100 Å². The van der Waals surface area contributed by atoms with E-state index in [2.05, 4.69) is 58.6 Å². The van der Waals surface area contributed by atoms with Gasteiger partial charge in [-0.25, -0.2) is 4.98 Å². The van der Waals surface area contributed by atoms with E-state index in [1.54, 1.807) is 0 Å². The molecule has 0 saturated carbocycles. The Morgan fingerprint density at radius 3 is 2.82 bits per heavy atom. The molecule has 0 N–H and O–H groups in total. The summed E-state index contributed by atoms with van der Waals surface area (Å²) in [5, 5.41) is 1.32. The van der Waals surface area contributed by atoms with E-state index in [1.807, 2.05) is 18.7 Å². The van der Waals surface area contributed by atoms with Crippen molar-refractivity contribution in [2.24, 2.45) is 7.05 Å². The molecule has 0 aliphatic heterocycles. The molecule has 1 atom stereocenters. The normalized spacial score (nSPS) is 13.1. The molecule has 0 bridgehead atoms. The number of nitrogens with zero attached hydrogens (tertiary/aromatic N) is 3. The summed E-state index contributed by atoms with van der Waals surface area (Å²) < 4.78 is 4.31. The molecular formula is C14H15N3. The van der Waals surface area contributed by atoms with Gasteiger partial charge in [-0.05, 0) is 13.0 Å². The van der Waals surface area contributed by atoms with Gasteiger partial charge in [-0.3, -0.25) is 0 Å². The molecular weight excluding hydrogens is 210 g/mol. The standard InChI is InChI=1S/C14H15N3/c1-11(17-8-7-15-10-17)13-9-16(2)14-6-4-3-5-12(13)14/h3-11H,1-2H3. The average molecular weight is 225 g/mol. The lowest BCUT2D eigenvalue weighted by Gasteiger charge is -2.11. The predicted octanol–water partition coefficient (Wildman–Crippen LogP) is 2.98. The summed E-state index contributed by atoms with van der Waals surface area (Å²) >= 11 is 0. The van der Waals surface area contributed by atoms with E-state index in [4.69, 9.17) is 0 Å². The van der Waals surface area contributed by atoms with Crippen LogP contribution in [0.3, 0.4) is 0 Å². The molecule has 3 aromatic rings. The maximum atomic E-state index is 4.11. The Kier molecular flexibility index (Phi) is 2.25. The average Bonchev–Trinajstić information content (AvgIpc) is 2.97. The Morgan fingerprint density at radius 2 is 2.06 bits per heavy atom. The summed E-state index contributed by atoms with van der Waals surface area (Å²) in [5.74, 6) is 0. The topological polar surface area (TPSA) is 22.8 Å². The molecule has 0 saturated heterocycles. The van der Waals surface area contributed by atoms with Gasteiger partial charge in [0.05, 0.1) is 12.4 Å². The van der Waals surface area contributed by atoms with E-state index in [1.165, 1.54) is 16.5 Å². The SMILES string of the molecule is CC(c1cn(C)c2ccccc12)n1ccnc1. The second-order valence-corrected chi connectivity index (χ2v) is 4.40. The molecule has 0 radical (unpaired) electrons. The van der Waals surface area contributed by atoms with Gasteiger partial charge in [-0.2, -0.15) is 0 Å². The highest BCUT2D eigenvalue weighted by Crippen LogP contribution is 2.27. The molecule has 0 fully saturated rings. The Bertz CT molecular complexity index is 635. The van der Waals surface area contributed by atoms with Crippen LogP contribution < -0.4 is 0 Å². The lowest BCUT2D eigenvalue weighted by molar-refractivity contribution is 0.640. The first-order valence-corrected chi connectivity index (χ1v) is 5.79. The molecule has 17 heavy (non-hydrogen) atoms. The first-order chi connectivity index (χ1) is 8.27. The lowest BCUT2D eigenvalue weighted by atomic mass is 10.1. The number of benzene rings is 1. The van der Waals surface area contributed by atoms with Gasteiger partial charge in [0.25, 0.3) is 0 Å². The Morgan fingerprint density at radius 1 is 1.24 bits per heavy atom. The number of para-hydroxylation sites is 1. The number of rotatable bonds is 2. The van der Waals surface area contributed by atoms with Crippen LogP contribution in [0.2, 0.25) is 0 Å². The fraction of sp³-hybridized carbons (Fsp3) is 0.214. The number of hydrogen-bond acceptors (Lipinski definition) is 1. The van der Waals surface area contributed by atoms with E-state index in [0.29, 0.717) is 6.04 Å². The van der Waals surface area contributed by atoms with Crippen molar-refractivity contribution in [3.8, 4) is 0 Å². The summed E-state index contributed by atoms with van der Waals surface area (Å²) in [4.78, 5) is 4.11. The second-order valence-electron chi connectivity index (χ2n) is 4.40. The van der Waals surface area contributed by atoms with Gasteiger partial charge < -0.3 is 9.13 Å². The minimum Gasteiger partial charge on any atom is -0.350 e. The van der Waals surface area contributed by atoms with Crippen LogP contribution in [0.4, 0.5) is 0 Å². The molecule has 0 aliphatic rings. The smallest absolute Gasteiger partial charge is 0.0951 e. The van der Waals surface area contributed by atoms with Crippen LogP contribution >= 0.6 is 0 Å². The molecule has 2 aromatic heterocycles. The summed E-state index contributed by atoms with van der Waals surface area (Å²) in [6.07, 6.45) is 7.90. The van der Waals surface area contributed by atoms with Crippen molar-refractivity contribution in [2.45, 2.75) is 13.0 Å². The molecule has 2 heterocycles. The van der Waals surface area contributed by atoms with Crippen LogP contribution in [-0.2, 0) is 7.05 Å². The van der Waals surface area contributed by atoms with E-state index < -0.39 is 0 Å². The van der Waals surface area contributed by atoms with Gasteiger partial charge in [-0.1, -0.05) is 18.2 Å². The van der Waals surface area contributed by atoms with Crippen LogP contribution in [0.15, 0.2) is 49.2 Å². The lowest BCUT2D eigenvalue weighted by Crippen LogP contribution is -2.03. The van der Waals surface area contributed by atoms with Crippen molar-refractivity contribution in [1.82, 2.24) is 14.1 Å². The monoisotopic (exact) mass is 225 g/mol. The fourth-order valence-corrected chi connectivity index (χ4v) is 2.37. The summed E-state index contributed by atoms with van der Waals surface area (Å²) in [6, 6.07) is 8.81. The number of imidazole rings is 1. The number of aryl methyl sites for hydroxylation is 1. The minimum absolute atomic E-state index is 0.309. The minimum atomic E-state index is 0.309.